The lowest BCUT2D eigenvalue weighted by Gasteiger charge is -2.47. The molecule has 2 aliphatic carbocycles. The summed E-state index contributed by atoms with van der Waals surface area (Å²) in [6.07, 6.45) is 5.59. The third-order valence-electron chi connectivity index (χ3n) is 5.63. The molecule has 3 unspecified atom stereocenters. The Morgan fingerprint density at radius 1 is 1.36 bits per heavy atom. The van der Waals surface area contributed by atoms with E-state index in [1.54, 1.807) is 31.2 Å². The number of para-hydroxylation sites is 1. The van der Waals surface area contributed by atoms with Crippen molar-refractivity contribution in [3.8, 4) is 11.5 Å². The molecular weight excluding hydrogens is 316 g/mol. The van der Waals surface area contributed by atoms with Crippen LogP contribution in [-0.4, -0.2) is 23.8 Å². The van der Waals surface area contributed by atoms with Gasteiger partial charge in [-0.3, -0.25) is 9.59 Å². The third-order valence-corrected chi connectivity index (χ3v) is 5.63. The van der Waals surface area contributed by atoms with E-state index >= 15 is 0 Å². The number of phenols is 1. The highest BCUT2D eigenvalue weighted by atomic mass is 16.5. The zero-order valence-corrected chi connectivity index (χ0v) is 14.7. The summed E-state index contributed by atoms with van der Waals surface area (Å²) < 4.78 is 5.22. The highest BCUT2D eigenvalue weighted by Gasteiger charge is 2.55. The number of phenolic OH excluding ortho intramolecular Hbond substituents is 1. The second-order valence-corrected chi connectivity index (χ2v) is 6.87. The molecule has 4 heteroatoms. The van der Waals surface area contributed by atoms with E-state index in [0.717, 1.165) is 5.57 Å². The predicted molar refractivity (Wildman–Crippen MR) is 95.7 cm³/mol. The van der Waals surface area contributed by atoms with E-state index in [0.29, 0.717) is 23.3 Å². The molecule has 1 aromatic carbocycles. The molecule has 25 heavy (non-hydrogen) atoms. The Balaban J connectivity index is 2.27. The molecule has 0 bridgehead atoms. The van der Waals surface area contributed by atoms with Crippen LogP contribution in [0, 0.1) is 11.3 Å². The van der Waals surface area contributed by atoms with Gasteiger partial charge in [-0.25, -0.2) is 0 Å². The second-order valence-electron chi connectivity index (χ2n) is 6.87. The average molecular weight is 338 g/mol. The van der Waals surface area contributed by atoms with Gasteiger partial charge in [0.1, 0.15) is 0 Å². The molecule has 130 valence electrons. The molecule has 3 rings (SSSR count). The Kier molecular flexibility index (Phi) is 4.15. The van der Waals surface area contributed by atoms with Crippen molar-refractivity contribution in [2.45, 2.75) is 26.2 Å². The number of hydrogen-bond donors (Lipinski definition) is 1. The number of Topliss-reactive ketones (excluding diaryl/α,β-unsaturated/α-hetero) is 1. The monoisotopic (exact) mass is 338 g/mol. The van der Waals surface area contributed by atoms with Crippen molar-refractivity contribution in [1.82, 2.24) is 0 Å². The van der Waals surface area contributed by atoms with E-state index in [-0.39, 0.29) is 17.3 Å². The Hall–Kier alpha value is -2.62. The zero-order chi connectivity index (χ0) is 18.4. The quantitative estimate of drug-likeness (QED) is 0.912. The summed E-state index contributed by atoms with van der Waals surface area (Å²) in [5, 5.41) is 10.7. The van der Waals surface area contributed by atoms with Crippen LogP contribution in [0.1, 0.15) is 31.7 Å². The van der Waals surface area contributed by atoms with Gasteiger partial charge in [-0.1, -0.05) is 37.8 Å². The van der Waals surface area contributed by atoms with Gasteiger partial charge in [-0.2, -0.15) is 0 Å². The average Bonchev–Trinajstić information content (AvgIpc) is 2.60. The topological polar surface area (TPSA) is 63.6 Å². The summed E-state index contributed by atoms with van der Waals surface area (Å²) in [4.78, 5) is 25.7. The van der Waals surface area contributed by atoms with Crippen molar-refractivity contribution < 1.29 is 19.4 Å². The number of ether oxygens (including phenoxy) is 1. The van der Waals surface area contributed by atoms with Crippen molar-refractivity contribution in [1.29, 1.82) is 0 Å². The number of ketones is 2. The molecule has 0 saturated carbocycles. The molecular formula is C21H22O4. The minimum absolute atomic E-state index is 0.00357. The zero-order valence-electron chi connectivity index (χ0n) is 14.7. The first-order valence-electron chi connectivity index (χ1n) is 8.31. The van der Waals surface area contributed by atoms with Gasteiger partial charge in [0.2, 0.25) is 0 Å². The fourth-order valence-corrected chi connectivity index (χ4v) is 4.20. The summed E-state index contributed by atoms with van der Waals surface area (Å²) in [5.41, 5.74) is 0.957. The molecule has 0 amide bonds. The van der Waals surface area contributed by atoms with E-state index in [1.165, 1.54) is 13.2 Å². The molecule has 0 aromatic heterocycles. The van der Waals surface area contributed by atoms with Crippen molar-refractivity contribution in [2.24, 2.45) is 11.3 Å². The molecule has 4 nitrogen and oxygen atoms in total. The van der Waals surface area contributed by atoms with Crippen LogP contribution in [0.15, 0.2) is 54.2 Å². The van der Waals surface area contributed by atoms with Crippen LogP contribution in [0.2, 0.25) is 0 Å². The lowest BCUT2D eigenvalue weighted by atomic mass is 9.53. The summed E-state index contributed by atoms with van der Waals surface area (Å²) in [7, 11) is 1.48. The van der Waals surface area contributed by atoms with Crippen molar-refractivity contribution >= 4 is 11.6 Å². The number of methoxy groups -OCH3 is 1. The van der Waals surface area contributed by atoms with Crippen LogP contribution >= 0.6 is 0 Å². The number of carbonyl (C=O) groups is 2. The number of hydrogen-bond acceptors (Lipinski definition) is 4. The van der Waals surface area contributed by atoms with Gasteiger partial charge in [-0.05, 0) is 36.6 Å². The molecule has 3 atom stereocenters. The maximum atomic E-state index is 13.0. The van der Waals surface area contributed by atoms with Crippen LogP contribution in [-0.2, 0) is 9.59 Å². The van der Waals surface area contributed by atoms with Gasteiger partial charge in [0.25, 0.3) is 0 Å². The Labute approximate surface area is 147 Å². The highest BCUT2D eigenvalue weighted by Crippen LogP contribution is 2.56. The normalized spacial score (nSPS) is 28.8. The lowest BCUT2D eigenvalue weighted by Crippen LogP contribution is -2.49. The van der Waals surface area contributed by atoms with Gasteiger partial charge >= 0.3 is 0 Å². The predicted octanol–water partition coefficient (Wildman–Crippen LogP) is 3.72. The smallest absolute Gasteiger partial charge is 0.163 e. The first-order chi connectivity index (χ1) is 11.9. The molecule has 0 heterocycles. The Morgan fingerprint density at radius 2 is 2.08 bits per heavy atom. The van der Waals surface area contributed by atoms with E-state index in [9.17, 15) is 14.7 Å². The number of allylic oxidation sites excluding steroid dienone is 5. The fourth-order valence-electron chi connectivity index (χ4n) is 4.20. The molecule has 1 aromatic rings. The third kappa shape index (κ3) is 2.36. The number of benzene rings is 1. The first kappa shape index (κ1) is 17.2. The van der Waals surface area contributed by atoms with Crippen LogP contribution in [0.5, 0.6) is 11.5 Å². The summed E-state index contributed by atoms with van der Waals surface area (Å²) in [5.74, 6) is -0.656. The van der Waals surface area contributed by atoms with E-state index in [4.69, 9.17) is 4.74 Å². The number of fused-ring (bicyclic) bond motifs is 1. The van der Waals surface area contributed by atoms with Crippen molar-refractivity contribution in [2.75, 3.05) is 7.11 Å². The van der Waals surface area contributed by atoms with Crippen molar-refractivity contribution in [3.63, 3.8) is 0 Å². The molecule has 0 saturated heterocycles. The van der Waals surface area contributed by atoms with Gasteiger partial charge in [0.05, 0.1) is 12.5 Å². The molecule has 0 fully saturated rings. The molecule has 0 spiro atoms. The minimum Gasteiger partial charge on any atom is -0.504 e. The van der Waals surface area contributed by atoms with Gasteiger partial charge in [0.15, 0.2) is 23.1 Å². The summed E-state index contributed by atoms with van der Waals surface area (Å²) >= 11 is 0. The molecule has 1 N–H and O–H groups in total. The maximum Gasteiger partial charge on any atom is 0.163 e. The SMILES string of the molecule is C=CC1=CCC2C(=O)C(C)=CC(=O)C2(C)C1c1cccc(OC)c1O. The summed E-state index contributed by atoms with van der Waals surface area (Å²) in [6.45, 7) is 7.37. The first-order valence-corrected chi connectivity index (χ1v) is 8.31. The number of rotatable bonds is 3. The molecule has 2 aliphatic rings. The van der Waals surface area contributed by atoms with E-state index in [1.807, 2.05) is 13.0 Å². The van der Waals surface area contributed by atoms with E-state index < -0.39 is 17.3 Å². The number of aromatic hydroxyl groups is 1. The van der Waals surface area contributed by atoms with Gasteiger partial charge in [-0.15, -0.1) is 0 Å². The largest absolute Gasteiger partial charge is 0.504 e. The fraction of sp³-hybridized carbons (Fsp3) is 0.333. The molecule has 0 aliphatic heterocycles. The summed E-state index contributed by atoms with van der Waals surface area (Å²) in [6, 6.07) is 5.21. The van der Waals surface area contributed by atoms with Crippen LogP contribution < -0.4 is 4.74 Å². The highest BCUT2D eigenvalue weighted by molar-refractivity contribution is 6.13. The van der Waals surface area contributed by atoms with Crippen LogP contribution in [0.3, 0.4) is 0 Å². The minimum atomic E-state index is -0.960. The molecule has 0 radical (unpaired) electrons. The standard InChI is InChI=1S/C21H22O4/c1-5-13-9-10-15-19(23)12(2)11-17(22)21(15,3)18(13)14-7-6-8-16(25-4)20(14)24/h5-9,11,15,18,24H,1,10H2,2-4H3. The van der Waals surface area contributed by atoms with Crippen LogP contribution in [0.25, 0.3) is 0 Å². The van der Waals surface area contributed by atoms with Crippen molar-refractivity contribution in [3.05, 3.63) is 59.7 Å². The van der Waals surface area contributed by atoms with Crippen LogP contribution in [0.4, 0.5) is 0 Å². The Bertz CT molecular complexity index is 830. The number of carbonyl (C=O) groups excluding carboxylic acids is 2. The lowest BCUT2D eigenvalue weighted by molar-refractivity contribution is -0.137. The van der Waals surface area contributed by atoms with E-state index in [2.05, 4.69) is 6.58 Å². The van der Waals surface area contributed by atoms with Gasteiger partial charge in [0, 0.05) is 17.4 Å². The maximum absolute atomic E-state index is 13.0. The Morgan fingerprint density at radius 3 is 2.72 bits per heavy atom. The van der Waals surface area contributed by atoms with Gasteiger partial charge < -0.3 is 9.84 Å². The second kappa shape index (κ2) is 6.03.